The van der Waals surface area contributed by atoms with Gasteiger partial charge in [0.05, 0.1) is 5.56 Å². The smallest absolute Gasteiger partial charge is 0.146 e. The first-order chi connectivity index (χ1) is 17.7. The van der Waals surface area contributed by atoms with E-state index in [4.69, 9.17) is 0 Å². The Bertz CT molecular complexity index is 1320. The summed E-state index contributed by atoms with van der Waals surface area (Å²) in [6.07, 6.45) is 10.4. The molecule has 0 N–H and O–H groups in total. The number of rotatable bonds is 10. The molecule has 1 heteroatoms. The van der Waals surface area contributed by atoms with Gasteiger partial charge in [-0.1, -0.05) is 112 Å². The fraction of sp³-hybridized carbons (Fsp3) is 0.314. The molecule has 184 valence electrons. The molecule has 0 aliphatic rings. The summed E-state index contributed by atoms with van der Waals surface area (Å²) in [5, 5.41) is 1.57. The summed E-state index contributed by atoms with van der Waals surface area (Å²) in [7, 11) is 0. The Morgan fingerprint density at radius 2 is 1.19 bits per heavy atom. The molecule has 0 atom stereocenters. The lowest BCUT2D eigenvalue weighted by molar-refractivity contribution is 0.636. The molecule has 0 radical (unpaired) electrons. The Hall–Kier alpha value is -3.37. The number of fused-ring (bicyclic) bond motifs is 1. The van der Waals surface area contributed by atoms with Crippen LogP contribution in [0.15, 0.2) is 78.9 Å². The predicted molar refractivity (Wildman–Crippen MR) is 152 cm³/mol. The molecular weight excluding hydrogens is 439 g/mol. The summed E-state index contributed by atoms with van der Waals surface area (Å²) in [4.78, 5) is 0. The normalized spacial score (nSPS) is 10.9. The van der Waals surface area contributed by atoms with E-state index in [-0.39, 0.29) is 5.82 Å². The summed E-state index contributed by atoms with van der Waals surface area (Å²) in [5.74, 6) is 5.96. The third-order valence-corrected chi connectivity index (χ3v) is 6.90. The van der Waals surface area contributed by atoms with Crippen molar-refractivity contribution in [3.05, 3.63) is 118 Å². The van der Waals surface area contributed by atoms with Gasteiger partial charge in [-0.2, -0.15) is 0 Å². The van der Waals surface area contributed by atoms with Crippen molar-refractivity contribution in [3.63, 3.8) is 0 Å². The van der Waals surface area contributed by atoms with Crippen LogP contribution in [0.3, 0.4) is 0 Å². The van der Waals surface area contributed by atoms with Crippen molar-refractivity contribution in [2.75, 3.05) is 0 Å². The summed E-state index contributed by atoms with van der Waals surface area (Å²) < 4.78 is 15.2. The topological polar surface area (TPSA) is 0 Å². The van der Waals surface area contributed by atoms with Crippen LogP contribution in [0.2, 0.25) is 0 Å². The van der Waals surface area contributed by atoms with E-state index in [0.29, 0.717) is 10.9 Å². The molecule has 0 bridgehead atoms. The molecule has 0 saturated carbocycles. The van der Waals surface area contributed by atoms with Crippen LogP contribution < -0.4 is 0 Å². The van der Waals surface area contributed by atoms with Crippen molar-refractivity contribution >= 4 is 10.8 Å². The van der Waals surface area contributed by atoms with E-state index in [2.05, 4.69) is 68.2 Å². The first-order valence-electron chi connectivity index (χ1n) is 13.6. The van der Waals surface area contributed by atoms with Gasteiger partial charge in [0.2, 0.25) is 0 Å². The first-order valence-corrected chi connectivity index (χ1v) is 13.6. The third kappa shape index (κ3) is 7.08. The minimum Gasteiger partial charge on any atom is -0.205 e. The van der Waals surface area contributed by atoms with Crippen molar-refractivity contribution in [2.45, 2.75) is 71.6 Å². The molecular formula is C35H37F. The molecule has 0 saturated heterocycles. The zero-order chi connectivity index (χ0) is 25.2. The molecule has 0 fully saturated rings. The highest BCUT2D eigenvalue weighted by atomic mass is 19.1. The van der Waals surface area contributed by atoms with E-state index in [0.717, 1.165) is 36.6 Å². The van der Waals surface area contributed by atoms with E-state index >= 15 is 4.39 Å². The van der Waals surface area contributed by atoms with E-state index in [1.54, 1.807) is 0 Å². The van der Waals surface area contributed by atoms with Crippen molar-refractivity contribution in [2.24, 2.45) is 0 Å². The average molecular weight is 477 g/mol. The maximum absolute atomic E-state index is 15.2. The molecule has 0 aromatic heterocycles. The molecule has 0 nitrogen and oxygen atoms in total. The molecule has 0 unspecified atom stereocenters. The Morgan fingerprint density at radius 3 is 1.92 bits per heavy atom. The first kappa shape index (κ1) is 25.7. The van der Waals surface area contributed by atoms with Gasteiger partial charge in [-0.15, -0.1) is 0 Å². The second-order valence-corrected chi connectivity index (χ2v) is 9.81. The number of halogens is 1. The highest BCUT2D eigenvalue weighted by Crippen LogP contribution is 2.23. The van der Waals surface area contributed by atoms with Crippen LogP contribution in [0, 0.1) is 17.7 Å². The zero-order valence-corrected chi connectivity index (χ0v) is 21.7. The number of aryl methyl sites for hydroxylation is 4. The van der Waals surface area contributed by atoms with Gasteiger partial charge in [0.15, 0.2) is 0 Å². The lowest BCUT2D eigenvalue weighted by Gasteiger charge is -2.07. The minimum atomic E-state index is -0.231. The lowest BCUT2D eigenvalue weighted by atomic mass is 9.98. The van der Waals surface area contributed by atoms with E-state index in [1.165, 1.54) is 54.4 Å². The molecule has 4 rings (SSSR count). The van der Waals surface area contributed by atoms with Crippen LogP contribution in [-0.2, 0) is 25.7 Å². The minimum absolute atomic E-state index is 0.231. The number of unbranched alkanes of at least 4 members (excludes halogenated alkanes) is 3. The maximum atomic E-state index is 15.2. The van der Waals surface area contributed by atoms with Crippen LogP contribution in [0.25, 0.3) is 10.8 Å². The van der Waals surface area contributed by atoms with Gasteiger partial charge in [-0.05, 0) is 77.9 Å². The van der Waals surface area contributed by atoms with Crippen LogP contribution >= 0.6 is 0 Å². The average Bonchev–Trinajstić information content (AvgIpc) is 2.91. The molecule has 0 aliphatic heterocycles. The Kier molecular flexibility index (Phi) is 9.34. The molecule has 0 aliphatic carbocycles. The SMILES string of the molecule is CCCCCCc1ccc(C#Cc2ccc3cc(CCc4ccc(CCC)cc4)ccc3c2F)cc1. The van der Waals surface area contributed by atoms with Crippen LogP contribution in [-0.4, -0.2) is 0 Å². The van der Waals surface area contributed by atoms with E-state index < -0.39 is 0 Å². The van der Waals surface area contributed by atoms with Crippen molar-refractivity contribution in [1.29, 1.82) is 0 Å². The van der Waals surface area contributed by atoms with Gasteiger partial charge in [0, 0.05) is 10.9 Å². The second kappa shape index (κ2) is 13.1. The fourth-order valence-electron chi connectivity index (χ4n) is 4.69. The molecule has 4 aromatic carbocycles. The van der Waals surface area contributed by atoms with Crippen molar-refractivity contribution in [3.8, 4) is 11.8 Å². The van der Waals surface area contributed by atoms with Gasteiger partial charge >= 0.3 is 0 Å². The summed E-state index contributed by atoms with van der Waals surface area (Å²) in [6.45, 7) is 4.44. The van der Waals surface area contributed by atoms with Gasteiger partial charge in [0.1, 0.15) is 5.82 Å². The number of benzene rings is 4. The lowest BCUT2D eigenvalue weighted by Crippen LogP contribution is -1.94. The van der Waals surface area contributed by atoms with Gasteiger partial charge < -0.3 is 0 Å². The van der Waals surface area contributed by atoms with Crippen molar-refractivity contribution < 1.29 is 4.39 Å². The van der Waals surface area contributed by atoms with Crippen LogP contribution in [0.5, 0.6) is 0 Å². The highest BCUT2D eigenvalue weighted by molar-refractivity contribution is 5.85. The number of hydrogen-bond donors (Lipinski definition) is 0. The maximum Gasteiger partial charge on any atom is 0.146 e. The number of hydrogen-bond acceptors (Lipinski definition) is 0. The summed E-state index contributed by atoms with van der Waals surface area (Å²) in [6, 6.07) is 27.2. The van der Waals surface area contributed by atoms with Gasteiger partial charge in [0.25, 0.3) is 0 Å². The standard InChI is InChI=1S/C35H37F/c1-3-5-6-7-9-28-12-16-30(17-13-28)20-22-32-23-24-33-26-31(21-25-34(33)35(32)36)19-18-29-14-10-27(8-4-2)11-15-29/h10-17,21,23-26H,3-9,18-19H2,1-2H3. The quantitative estimate of drug-likeness (QED) is 0.158. The summed E-state index contributed by atoms with van der Waals surface area (Å²) >= 11 is 0. The highest BCUT2D eigenvalue weighted by Gasteiger charge is 2.07. The molecule has 0 amide bonds. The molecule has 4 aromatic rings. The fourth-order valence-corrected chi connectivity index (χ4v) is 4.69. The third-order valence-electron chi connectivity index (χ3n) is 6.90. The van der Waals surface area contributed by atoms with Crippen LogP contribution in [0.1, 0.15) is 79.3 Å². The van der Waals surface area contributed by atoms with Crippen LogP contribution in [0.4, 0.5) is 4.39 Å². The monoisotopic (exact) mass is 476 g/mol. The Balaban J connectivity index is 1.40. The second-order valence-electron chi connectivity index (χ2n) is 9.81. The van der Waals surface area contributed by atoms with Crippen molar-refractivity contribution in [1.82, 2.24) is 0 Å². The largest absolute Gasteiger partial charge is 0.205 e. The van der Waals surface area contributed by atoms with Gasteiger partial charge in [-0.3, -0.25) is 0 Å². The van der Waals surface area contributed by atoms with Gasteiger partial charge in [-0.25, -0.2) is 4.39 Å². The molecule has 36 heavy (non-hydrogen) atoms. The molecule has 0 spiro atoms. The predicted octanol–water partition coefficient (Wildman–Crippen LogP) is 9.24. The Morgan fingerprint density at radius 1 is 0.556 bits per heavy atom. The van der Waals surface area contributed by atoms with E-state index in [1.807, 2.05) is 36.4 Å². The van der Waals surface area contributed by atoms with E-state index in [9.17, 15) is 0 Å². The molecule has 0 heterocycles. The summed E-state index contributed by atoms with van der Waals surface area (Å²) in [5.41, 5.74) is 6.69. The zero-order valence-electron chi connectivity index (χ0n) is 21.7. The Labute approximate surface area is 216 Å².